The number of benzene rings is 2. The minimum Gasteiger partial charge on any atom is -0.493 e. The van der Waals surface area contributed by atoms with Gasteiger partial charge in [0.1, 0.15) is 6.61 Å². The van der Waals surface area contributed by atoms with Gasteiger partial charge in [0.25, 0.3) is 0 Å². The maximum atomic E-state index is 5.87. The van der Waals surface area contributed by atoms with E-state index < -0.39 is 0 Å². The van der Waals surface area contributed by atoms with E-state index in [1.54, 1.807) is 7.11 Å². The van der Waals surface area contributed by atoms with E-state index in [4.69, 9.17) is 15.2 Å². The molecule has 1 unspecified atom stereocenters. The van der Waals surface area contributed by atoms with Crippen LogP contribution in [0.2, 0.25) is 0 Å². The number of nitrogens with two attached hydrogens (primary N) is 1. The Balaban J connectivity index is 2.11. The third-order valence-electron chi connectivity index (χ3n) is 3.13. The van der Waals surface area contributed by atoms with Gasteiger partial charge in [0.15, 0.2) is 11.5 Å². The Hall–Kier alpha value is -1.52. The van der Waals surface area contributed by atoms with Gasteiger partial charge in [0.2, 0.25) is 0 Å². The summed E-state index contributed by atoms with van der Waals surface area (Å²) < 4.78 is 12.3. The number of methoxy groups -OCH3 is 1. The van der Waals surface area contributed by atoms with E-state index in [0.717, 1.165) is 33.5 Å². The fraction of sp³-hybridized carbons (Fsp3) is 0.294. The van der Waals surface area contributed by atoms with Crippen LogP contribution in [0.3, 0.4) is 0 Å². The fourth-order valence-corrected chi connectivity index (χ4v) is 2.50. The van der Waals surface area contributed by atoms with E-state index in [2.05, 4.69) is 15.9 Å². The summed E-state index contributed by atoms with van der Waals surface area (Å²) in [6.45, 7) is 2.48. The highest BCUT2D eigenvalue weighted by Gasteiger charge is 2.08. The average molecular weight is 350 g/mol. The molecule has 0 aliphatic carbocycles. The van der Waals surface area contributed by atoms with Crippen LogP contribution in [0.1, 0.15) is 18.1 Å². The first-order chi connectivity index (χ1) is 10.1. The molecule has 2 aromatic carbocycles. The van der Waals surface area contributed by atoms with Crippen molar-refractivity contribution < 1.29 is 9.47 Å². The summed E-state index contributed by atoms with van der Waals surface area (Å²) in [4.78, 5) is 0. The fourth-order valence-electron chi connectivity index (χ4n) is 2.10. The average Bonchev–Trinajstić information content (AvgIpc) is 2.46. The molecule has 2 N–H and O–H groups in total. The van der Waals surface area contributed by atoms with Crippen molar-refractivity contribution >= 4 is 15.9 Å². The first kappa shape index (κ1) is 15.9. The normalized spacial score (nSPS) is 12.0. The largest absolute Gasteiger partial charge is 0.493 e. The van der Waals surface area contributed by atoms with Crippen molar-refractivity contribution in [2.45, 2.75) is 26.0 Å². The summed E-state index contributed by atoms with van der Waals surface area (Å²) in [7, 11) is 1.65. The molecular formula is C17H20BrNO2. The second kappa shape index (κ2) is 7.48. The lowest BCUT2D eigenvalue weighted by atomic mass is 10.1. The van der Waals surface area contributed by atoms with Crippen LogP contribution in [0.15, 0.2) is 46.9 Å². The first-order valence-corrected chi connectivity index (χ1v) is 7.68. The molecule has 0 fully saturated rings. The van der Waals surface area contributed by atoms with Crippen molar-refractivity contribution in [2.24, 2.45) is 5.73 Å². The maximum Gasteiger partial charge on any atom is 0.161 e. The smallest absolute Gasteiger partial charge is 0.161 e. The van der Waals surface area contributed by atoms with Crippen molar-refractivity contribution in [3.8, 4) is 11.5 Å². The quantitative estimate of drug-likeness (QED) is 0.859. The number of rotatable bonds is 6. The minimum atomic E-state index is 0.127. The van der Waals surface area contributed by atoms with Crippen molar-refractivity contribution in [3.05, 3.63) is 58.1 Å². The number of ether oxygens (including phenoxy) is 2. The standard InChI is InChI=1S/C17H20BrNO2/c1-12(19)9-13-7-8-16(17(10-13)20-2)21-11-14-5-3-4-6-15(14)18/h3-8,10,12H,9,11,19H2,1-2H3. The second-order valence-electron chi connectivity index (χ2n) is 5.05. The highest BCUT2D eigenvalue weighted by atomic mass is 79.9. The van der Waals surface area contributed by atoms with Gasteiger partial charge >= 0.3 is 0 Å². The summed E-state index contributed by atoms with van der Waals surface area (Å²) in [5.74, 6) is 1.47. The van der Waals surface area contributed by atoms with Crippen LogP contribution < -0.4 is 15.2 Å². The molecule has 112 valence electrons. The molecule has 0 aliphatic heterocycles. The zero-order valence-corrected chi connectivity index (χ0v) is 13.9. The van der Waals surface area contributed by atoms with Crippen LogP contribution in [0.5, 0.6) is 11.5 Å². The van der Waals surface area contributed by atoms with Gasteiger partial charge in [0, 0.05) is 16.1 Å². The summed E-state index contributed by atoms with van der Waals surface area (Å²) in [6, 6.07) is 14.1. The van der Waals surface area contributed by atoms with Crippen LogP contribution >= 0.6 is 15.9 Å². The second-order valence-corrected chi connectivity index (χ2v) is 5.90. The van der Waals surface area contributed by atoms with Crippen molar-refractivity contribution in [2.75, 3.05) is 7.11 Å². The van der Waals surface area contributed by atoms with Crippen LogP contribution in [-0.2, 0) is 13.0 Å². The predicted octanol–water partition coefficient (Wildman–Crippen LogP) is 3.93. The third-order valence-corrected chi connectivity index (χ3v) is 3.90. The molecule has 0 bridgehead atoms. The SMILES string of the molecule is COc1cc(CC(C)N)ccc1OCc1ccccc1Br. The molecule has 0 spiro atoms. The molecule has 2 rings (SSSR count). The van der Waals surface area contributed by atoms with Gasteiger partial charge in [-0.1, -0.05) is 40.2 Å². The lowest BCUT2D eigenvalue weighted by Gasteiger charge is -2.13. The van der Waals surface area contributed by atoms with Gasteiger partial charge in [-0.2, -0.15) is 0 Å². The Morgan fingerprint density at radius 1 is 1.14 bits per heavy atom. The minimum absolute atomic E-state index is 0.127. The number of halogens is 1. The Labute approximate surface area is 134 Å². The molecule has 0 aliphatic rings. The van der Waals surface area contributed by atoms with E-state index >= 15 is 0 Å². The van der Waals surface area contributed by atoms with E-state index in [1.807, 2.05) is 49.4 Å². The maximum absolute atomic E-state index is 5.87. The first-order valence-electron chi connectivity index (χ1n) is 6.89. The molecule has 21 heavy (non-hydrogen) atoms. The summed E-state index contributed by atoms with van der Waals surface area (Å²) in [6.07, 6.45) is 0.820. The molecule has 0 aromatic heterocycles. The molecule has 2 aromatic rings. The van der Waals surface area contributed by atoms with E-state index in [0.29, 0.717) is 6.61 Å². The summed E-state index contributed by atoms with van der Waals surface area (Å²) >= 11 is 3.52. The van der Waals surface area contributed by atoms with Crippen LogP contribution in [-0.4, -0.2) is 13.2 Å². The van der Waals surface area contributed by atoms with Crippen molar-refractivity contribution in [1.82, 2.24) is 0 Å². The predicted molar refractivity (Wildman–Crippen MR) is 88.8 cm³/mol. The lowest BCUT2D eigenvalue weighted by Crippen LogP contribution is -2.17. The van der Waals surface area contributed by atoms with Crippen molar-refractivity contribution in [3.63, 3.8) is 0 Å². The highest BCUT2D eigenvalue weighted by molar-refractivity contribution is 9.10. The Morgan fingerprint density at radius 3 is 2.57 bits per heavy atom. The van der Waals surface area contributed by atoms with Crippen LogP contribution in [0, 0.1) is 0 Å². The van der Waals surface area contributed by atoms with Crippen LogP contribution in [0.4, 0.5) is 0 Å². The molecule has 0 saturated carbocycles. The topological polar surface area (TPSA) is 44.5 Å². The monoisotopic (exact) mass is 349 g/mol. The molecule has 4 heteroatoms. The van der Waals surface area contributed by atoms with Crippen LogP contribution in [0.25, 0.3) is 0 Å². The lowest BCUT2D eigenvalue weighted by molar-refractivity contribution is 0.283. The van der Waals surface area contributed by atoms with Gasteiger partial charge in [-0.05, 0) is 37.1 Å². The summed E-state index contributed by atoms with van der Waals surface area (Å²) in [5, 5.41) is 0. The van der Waals surface area contributed by atoms with E-state index in [-0.39, 0.29) is 6.04 Å². The van der Waals surface area contributed by atoms with Gasteiger partial charge in [-0.15, -0.1) is 0 Å². The Bertz CT molecular complexity index is 599. The molecule has 1 atom stereocenters. The molecular weight excluding hydrogens is 330 g/mol. The number of hydrogen-bond donors (Lipinski definition) is 1. The van der Waals surface area contributed by atoms with E-state index in [1.165, 1.54) is 0 Å². The Morgan fingerprint density at radius 2 is 1.90 bits per heavy atom. The van der Waals surface area contributed by atoms with Gasteiger partial charge < -0.3 is 15.2 Å². The molecule has 0 heterocycles. The zero-order valence-electron chi connectivity index (χ0n) is 12.3. The van der Waals surface area contributed by atoms with Crippen molar-refractivity contribution in [1.29, 1.82) is 0 Å². The zero-order chi connectivity index (χ0) is 15.2. The molecule has 3 nitrogen and oxygen atoms in total. The third kappa shape index (κ3) is 4.48. The van der Waals surface area contributed by atoms with Gasteiger partial charge in [-0.25, -0.2) is 0 Å². The molecule has 0 amide bonds. The molecule has 0 radical (unpaired) electrons. The van der Waals surface area contributed by atoms with Gasteiger partial charge in [-0.3, -0.25) is 0 Å². The number of hydrogen-bond acceptors (Lipinski definition) is 3. The molecule has 0 saturated heterocycles. The van der Waals surface area contributed by atoms with Gasteiger partial charge in [0.05, 0.1) is 7.11 Å². The Kier molecular flexibility index (Phi) is 5.65. The summed E-state index contributed by atoms with van der Waals surface area (Å²) in [5.41, 5.74) is 8.07. The van der Waals surface area contributed by atoms with E-state index in [9.17, 15) is 0 Å². The highest BCUT2D eigenvalue weighted by Crippen LogP contribution is 2.30.